The van der Waals surface area contributed by atoms with E-state index in [9.17, 15) is 14.7 Å². The number of esters is 1. The average Bonchev–Trinajstić information content (AvgIpc) is 3.30. The Balaban J connectivity index is 1.72. The minimum Gasteiger partial charge on any atom is -0.496 e. The monoisotopic (exact) mass is 498 g/mol. The van der Waals surface area contributed by atoms with Crippen molar-refractivity contribution in [3.05, 3.63) is 34.6 Å². The molecule has 1 aromatic rings. The molecule has 2 unspecified atom stereocenters. The van der Waals surface area contributed by atoms with Crippen molar-refractivity contribution in [3.8, 4) is 17.2 Å². The van der Waals surface area contributed by atoms with Crippen LogP contribution in [0.4, 0.5) is 0 Å². The van der Waals surface area contributed by atoms with Crippen LogP contribution in [-0.2, 0) is 20.7 Å². The quantitative estimate of drug-likeness (QED) is 0.357. The molecule has 0 amide bonds. The highest BCUT2D eigenvalue weighted by molar-refractivity contribution is 5.97. The van der Waals surface area contributed by atoms with Crippen LogP contribution in [0, 0.1) is 0 Å². The van der Waals surface area contributed by atoms with E-state index in [1.807, 2.05) is 6.92 Å². The number of rotatable bonds is 9. The van der Waals surface area contributed by atoms with Crippen molar-refractivity contribution in [2.75, 3.05) is 13.7 Å². The number of Topliss-reactive ketones (excluding diaryl/α,β-unsaturated/α-hetero) is 1. The maximum absolute atomic E-state index is 12.6. The molecule has 4 rings (SSSR count). The van der Waals surface area contributed by atoms with Gasteiger partial charge in [0.2, 0.25) is 5.76 Å². The van der Waals surface area contributed by atoms with Gasteiger partial charge in [0.1, 0.15) is 29.1 Å². The smallest absolute Gasteiger partial charge is 0.374 e. The molecular weight excluding hydrogens is 460 g/mol. The summed E-state index contributed by atoms with van der Waals surface area (Å²) >= 11 is 0. The molecule has 0 aromatic heterocycles. The first-order valence-electron chi connectivity index (χ1n) is 13.2. The zero-order valence-electron chi connectivity index (χ0n) is 21.9. The summed E-state index contributed by atoms with van der Waals surface area (Å²) in [5, 5.41) is 11.3. The molecule has 196 valence electrons. The van der Waals surface area contributed by atoms with Gasteiger partial charge in [0, 0.05) is 30.9 Å². The molecule has 1 saturated carbocycles. The van der Waals surface area contributed by atoms with E-state index in [0.717, 1.165) is 48.0 Å². The molecule has 7 heteroatoms. The van der Waals surface area contributed by atoms with Crippen LogP contribution >= 0.6 is 0 Å². The van der Waals surface area contributed by atoms with Gasteiger partial charge in [-0.25, -0.2) is 4.79 Å². The lowest BCUT2D eigenvalue weighted by atomic mass is 9.84. The van der Waals surface area contributed by atoms with E-state index in [4.69, 9.17) is 18.9 Å². The molecule has 0 spiro atoms. The van der Waals surface area contributed by atoms with Gasteiger partial charge in [0.25, 0.3) is 0 Å². The number of hydrogen-bond acceptors (Lipinski definition) is 7. The molecule has 3 aliphatic rings. The Kier molecular flexibility index (Phi) is 8.08. The Morgan fingerprint density at radius 1 is 1.14 bits per heavy atom. The fourth-order valence-corrected chi connectivity index (χ4v) is 5.34. The number of ether oxygens (including phenoxy) is 4. The van der Waals surface area contributed by atoms with E-state index >= 15 is 0 Å². The molecule has 0 radical (unpaired) electrons. The number of hydrogen-bond donors (Lipinski definition) is 1. The lowest BCUT2D eigenvalue weighted by Gasteiger charge is -2.29. The fourth-order valence-electron chi connectivity index (χ4n) is 5.34. The maximum Gasteiger partial charge on any atom is 0.374 e. The normalized spacial score (nSPS) is 20.5. The zero-order chi connectivity index (χ0) is 25.9. The minimum absolute atomic E-state index is 0.100. The number of methoxy groups -OCH3 is 1. The summed E-state index contributed by atoms with van der Waals surface area (Å²) in [7, 11) is 1.61. The number of benzene rings is 1. The van der Waals surface area contributed by atoms with Crippen LogP contribution in [-0.4, -0.2) is 42.3 Å². The van der Waals surface area contributed by atoms with E-state index < -0.39 is 17.7 Å². The predicted molar refractivity (Wildman–Crippen MR) is 136 cm³/mol. The Morgan fingerprint density at radius 2 is 1.89 bits per heavy atom. The summed E-state index contributed by atoms with van der Waals surface area (Å²) in [4.78, 5) is 24.5. The molecular formula is C29H38O7. The molecule has 0 saturated heterocycles. The number of allylic oxidation sites excluding steroid dienone is 3. The van der Waals surface area contributed by atoms with Gasteiger partial charge in [-0.2, -0.15) is 0 Å². The molecule has 2 atom stereocenters. The van der Waals surface area contributed by atoms with Crippen molar-refractivity contribution in [3.63, 3.8) is 0 Å². The Morgan fingerprint density at radius 3 is 2.56 bits per heavy atom. The van der Waals surface area contributed by atoms with Gasteiger partial charge in [-0.3, -0.25) is 4.79 Å². The molecule has 1 N–H and O–H groups in total. The highest BCUT2D eigenvalue weighted by Crippen LogP contribution is 2.51. The topological polar surface area (TPSA) is 91.3 Å². The number of ketones is 1. The van der Waals surface area contributed by atoms with Crippen molar-refractivity contribution >= 4 is 17.3 Å². The van der Waals surface area contributed by atoms with Gasteiger partial charge in [-0.15, -0.1) is 0 Å². The molecule has 7 nitrogen and oxygen atoms in total. The van der Waals surface area contributed by atoms with Gasteiger partial charge in [-0.05, 0) is 44.8 Å². The summed E-state index contributed by atoms with van der Waals surface area (Å²) in [5.41, 5.74) is 2.61. The lowest BCUT2D eigenvalue weighted by Crippen LogP contribution is -2.42. The van der Waals surface area contributed by atoms with Gasteiger partial charge < -0.3 is 24.1 Å². The second kappa shape index (κ2) is 11.1. The summed E-state index contributed by atoms with van der Waals surface area (Å²) < 4.78 is 23.4. The summed E-state index contributed by atoms with van der Waals surface area (Å²) in [6.45, 7) is 5.99. The zero-order valence-corrected chi connectivity index (χ0v) is 21.9. The molecule has 0 bridgehead atoms. The minimum atomic E-state index is -0.988. The highest BCUT2D eigenvalue weighted by atomic mass is 16.6. The first-order valence-corrected chi connectivity index (χ1v) is 13.2. The van der Waals surface area contributed by atoms with Crippen LogP contribution in [0.1, 0.15) is 89.7 Å². The van der Waals surface area contributed by atoms with E-state index in [1.165, 1.54) is 0 Å². The largest absolute Gasteiger partial charge is 0.496 e. The fraction of sp³-hybridized carbons (Fsp3) is 0.586. The van der Waals surface area contributed by atoms with Crippen molar-refractivity contribution in [1.29, 1.82) is 0 Å². The van der Waals surface area contributed by atoms with Crippen molar-refractivity contribution < 1.29 is 33.6 Å². The Hall–Kier alpha value is -2.80. The van der Waals surface area contributed by atoms with E-state index in [2.05, 4.69) is 6.92 Å². The number of unbranched alkanes of at least 4 members (excludes halogenated alkanes) is 3. The van der Waals surface area contributed by atoms with Crippen LogP contribution in [0.2, 0.25) is 0 Å². The van der Waals surface area contributed by atoms with Gasteiger partial charge in [0.15, 0.2) is 0 Å². The Bertz CT molecular complexity index is 1070. The SMILES string of the molecule is CCCCCCC(C)(O)C1Cc2c(cc3c(c2OC)C(=C2CCC(=O)CC2)C=C(C(=O)OCC)O3)O1. The highest BCUT2D eigenvalue weighted by Gasteiger charge is 2.42. The lowest BCUT2D eigenvalue weighted by molar-refractivity contribution is -0.141. The van der Waals surface area contributed by atoms with Gasteiger partial charge >= 0.3 is 5.97 Å². The molecule has 36 heavy (non-hydrogen) atoms. The Labute approximate surface area is 213 Å². The molecule has 1 aliphatic carbocycles. The standard InChI is InChI=1S/C29H38O7/c1-5-7-8-9-14-29(3,32)25-16-21-22(36-25)17-23-26(27(21)33-4)20(18-10-12-19(30)13-11-18)15-24(35-23)28(31)34-6-2/h15,17,25,32H,5-14,16H2,1-4H3. The molecule has 1 aromatic carbocycles. The van der Waals surface area contributed by atoms with E-state index in [0.29, 0.717) is 55.8 Å². The molecule has 2 aliphatic heterocycles. The second-order valence-electron chi connectivity index (χ2n) is 10.1. The van der Waals surface area contributed by atoms with E-state index in [1.54, 1.807) is 26.2 Å². The molecule has 2 heterocycles. The van der Waals surface area contributed by atoms with E-state index in [-0.39, 0.29) is 18.1 Å². The third-order valence-electron chi connectivity index (χ3n) is 7.43. The number of aliphatic hydroxyl groups is 1. The van der Waals surface area contributed by atoms with Crippen molar-refractivity contribution in [2.45, 2.75) is 96.7 Å². The predicted octanol–water partition coefficient (Wildman–Crippen LogP) is 5.46. The molecule has 1 fully saturated rings. The average molecular weight is 499 g/mol. The van der Waals surface area contributed by atoms with Crippen molar-refractivity contribution in [1.82, 2.24) is 0 Å². The van der Waals surface area contributed by atoms with Crippen LogP contribution in [0.15, 0.2) is 23.5 Å². The first kappa shape index (κ1) is 26.3. The van der Waals surface area contributed by atoms with Gasteiger partial charge in [-0.1, -0.05) is 38.2 Å². The van der Waals surface area contributed by atoms with Crippen LogP contribution < -0.4 is 14.2 Å². The van der Waals surface area contributed by atoms with Crippen molar-refractivity contribution in [2.24, 2.45) is 0 Å². The summed E-state index contributed by atoms with van der Waals surface area (Å²) in [5.74, 6) is 1.49. The maximum atomic E-state index is 12.6. The summed E-state index contributed by atoms with van der Waals surface area (Å²) in [6, 6.07) is 1.79. The third kappa shape index (κ3) is 5.31. The van der Waals surface area contributed by atoms with Crippen LogP contribution in [0.3, 0.4) is 0 Å². The van der Waals surface area contributed by atoms with Crippen LogP contribution in [0.25, 0.3) is 5.57 Å². The van der Waals surface area contributed by atoms with Gasteiger partial charge in [0.05, 0.1) is 24.9 Å². The summed E-state index contributed by atoms with van der Waals surface area (Å²) in [6.07, 6.45) is 9.03. The third-order valence-corrected chi connectivity index (χ3v) is 7.43. The number of carbonyl (C=O) groups is 2. The van der Waals surface area contributed by atoms with Crippen LogP contribution in [0.5, 0.6) is 17.2 Å². The number of carbonyl (C=O) groups excluding carboxylic acids is 2. The first-order chi connectivity index (χ1) is 17.3. The number of fused-ring (bicyclic) bond motifs is 2. The second-order valence-corrected chi connectivity index (χ2v) is 10.1.